The molecule has 0 spiro atoms. The summed E-state index contributed by atoms with van der Waals surface area (Å²) in [6.45, 7) is 0. The van der Waals surface area contributed by atoms with Crippen LogP contribution < -0.4 is 10.5 Å². The predicted octanol–water partition coefficient (Wildman–Crippen LogP) is 2.76. The van der Waals surface area contributed by atoms with E-state index in [1.54, 1.807) is 18.9 Å². The van der Waals surface area contributed by atoms with Crippen molar-refractivity contribution in [2.75, 3.05) is 19.1 Å². The Morgan fingerprint density at radius 3 is 2.58 bits per heavy atom. The number of nitrogens with two attached hydrogens (primary N) is 1. The van der Waals surface area contributed by atoms with Crippen LogP contribution in [0.5, 0.6) is 5.75 Å². The molecule has 0 aliphatic carbocycles. The molecule has 1 aromatic rings. The van der Waals surface area contributed by atoms with Gasteiger partial charge in [0, 0.05) is 4.47 Å². The van der Waals surface area contributed by atoms with Crippen LogP contribution in [0.3, 0.4) is 0 Å². The van der Waals surface area contributed by atoms with E-state index in [0.29, 0.717) is 5.69 Å². The molecule has 0 amide bonds. The summed E-state index contributed by atoms with van der Waals surface area (Å²) in [6, 6.07) is 3.74. The van der Waals surface area contributed by atoms with E-state index in [9.17, 15) is 0 Å². The number of rotatable bonds is 2. The molecule has 1 rings (SSSR count). The molecule has 0 fully saturated rings. The third-order valence-electron chi connectivity index (χ3n) is 1.50. The summed E-state index contributed by atoms with van der Waals surface area (Å²) in [6.07, 6.45) is 1.99. The van der Waals surface area contributed by atoms with Crippen LogP contribution in [0.4, 0.5) is 5.69 Å². The van der Waals surface area contributed by atoms with Crippen molar-refractivity contribution >= 4 is 33.4 Å². The average Bonchev–Trinajstić information content (AvgIpc) is 2.08. The molecule has 0 saturated carbocycles. The maximum absolute atomic E-state index is 5.72. The summed E-state index contributed by atoms with van der Waals surface area (Å²) < 4.78 is 6.19. The van der Waals surface area contributed by atoms with Crippen LogP contribution in [0.1, 0.15) is 0 Å². The smallest absolute Gasteiger partial charge is 0.156 e. The third kappa shape index (κ3) is 1.69. The van der Waals surface area contributed by atoms with E-state index in [1.807, 2.05) is 18.4 Å². The second kappa shape index (κ2) is 4.05. The number of benzene rings is 1. The fraction of sp³-hybridized carbons (Fsp3) is 0.250. The van der Waals surface area contributed by atoms with Crippen molar-refractivity contribution in [3.8, 4) is 5.75 Å². The molecule has 0 heterocycles. The lowest BCUT2D eigenvalue weighted by Gasteiger charge is -2.10. The molecule has 4 heteroatoms. The van der Waals surface area contributed by atoms with Crippen LogP contribution in [0.15, 0.2) is 21.5 Å². The number of thioether (sulfide) groups is 1. The number of methoxy groups -OCH3 is 1. The number of hydrogen-bond acceptors (Lipinski definition) is 3. The zero-order chi connectivity index (χ0) is 9.14. The minimum Gasteiger partial charge on any atom is -0.493 e. The number of nitrogen functional groups attached to an aromatic ring is 1. The zero-order valence-corrected chi connectivity index (χ0v) is 9.33. The highest BCUT2D eigenvalue weighted by Gasteiger charge is 2.09. The van der Waals surface area contributed by atoms with Crippen LogP contribution in [0.25, 0.3) is 0 Å². The first kappa shape index (κ1) is 9.74. The Kier molecular flexibility index (Phi) is 3.29. The molecule has 0 aliphatic rings. The highest BCUT2D eigenvalue weighted by atomic mass is 79.9. The monoisotopic (exact) mass is 247 g/mol. The van der Waals surface area contributed by atoms with Gasteiger partial charge in [-0.25, -0.2) is 0 Å². The van der Waals surface area contributed by atoms with Gasteiger partial charge in [-0.3, -0.25) is 0 Å². The molecule has 0 unspecified atom stereocenters. The van der Waals surface area contributed by atoms with Crippen molar-refractivity contribution in [2.24, 2.45) is 0 Å². The number of anilines is 1. The number of halogens is 1. The molecule has 0 aromatic heterocycles. The van der Waals surface area contributed by atoms with Gasteiger partial charge in [0.1, 0.15) is 0 Å². The minimum atomic E-state index is 0.671. The Hall–Kier alpha value is -0.350. The molecule has 12 heavy (non-hydrogen) atoms. The van der Waals surface area contributed by atoms with Gasteiger partial charge in [-0.05, 0) is 34.3 Å². The number of hydrogen-bond donors (Lipinski definition) is 1. The molecule has 0 bridgehead atoms. The van der Waals surface area contributed by atoms with Gasteiger partial charge < -0.3 is 10.5 Å². The van der Waals surface area contributed by atoms with Crippen molar-refractivity contribution in [3.05, 3.63) is 16.6 Å². The van der Waals surface area contributed by atoms with Gasteiger partial charge in [-0.15, -0.1) is 11.8 Å². The Morgan fingerprint density at radius 2 is 2.17 bits per heavy atom. The lowest BCUT2D eigenvalue weighted by Crippen LogP contribution is -1.94. The van der Waals surface area contributed by atoms with Gasteiger partial charge >= 0.3 is 0 Å². The molecule has 0 saturated heterocycles. The quantitative estimate of drug-likeness (QED) is 0.645. The van der Waals surface area contributed by atoms with E-state index < -0.39 is 0 Å². The van der Waals surface area contributed by atoms with Gasteiger partial charge in [0.2, 0.25) is 0 Å². The highest BCUT2D eigenvalue weighted by molar-refractivity contribution is 9.10. The Labute approximate surface area is 84.6 Å². The summed E-state index contributed by atoms with van der Waals surface area (Å²) in [5, 5.41) is 0. The molecule has 2 nitrogen and oxygen atoms in total. The molecule has 0 radical (unpaired) electrons. The topological polar surface area (TPSA) is 35.2 Å². The van der Waals surface area contributed by atoms with E-state index >= 15 is 0 Å². The van der Waals surface area contributed by atoms with Gasteiger partial charge in [0.25, 0.3) is 0 Å². The first-order chi connectivity index (χ1) is 5.70. The van der Waals surface area contributed by atoms with Crippen molar-refractivity contribution < 1.29 is 4.74 Å². The Bertz CT molecular complexity index is 262. The Balaban J connectivity index is 3.28. The van der Waals surface area contributed by atoms with Crippen LogP contribution >= 0.6 is 27.7 Å². The SMILES string of the molecule is COc1c(N)ccc(Br)c1SC. The maximum atomic E-state index is 5.72. The van der Waals surface area contributed by atoms with Crippen molar-refractivity contribution in [1.29, 1.82) is 0 Å². The Morgan fingerprint density at radius 1 is 1.50 bits per heavy atom. The van der Waals surface area contributed by atoms with Crippen LogP contribution in [-0.4, -0.2) is 13.4 Å². The van der Waals surface area contributed by atoms with E-state index in [1.165, 1.54) is 0 Å². The fourth-order valence-corrected chi connectivity index (χ4v) is 2.40. The first-order valence-corrected chi connectivity index (χ1v) is 5.38. The first-order valence-electron chi connectivity index (χ1n) is 3.36. The van der Waals surface area contributed by atoms with Crippen LogP contribution in [0, 0.1) is 0 Å². The average molecular weight is 248 g/mol. The predicted molar refractivity (Wildman–Crippen MR) is 56.9 cm³/mol. The second-order valence-electron chi connectivity index (χ2n) is 2.20. The molecule has 1 aromatic carbocycles. The molecule has 0 atom stereocenters. The van der Waals surface area contributed by atoms with Crippen LogP contribution in [-0.2, 0) is 0 Å². The molecule has 2 N–H and O–H groups in total. The molecule has 0 aliphatic heterocycles. The van der Waals surface area contributed by atoms with E-state index in [0.717, 1.165) is 15.1 Å². The normalized spacial score (nSPS) is 9.92. The van der Waals surface area contributed by atoms with Crippen molar-refractivity contribution in [3.63, 3.8) is 0 Å². The van der Waals surface area contributed by atoms with E-state index in [4.69, 9.17) is 10.5 Å². The van der Waals surface area contributed by atoms with Gasteiger partial charge in [0.05, 0.1) is 17.7 Å². The van der Waals surface area contributed by atoms with Crippen molar-refractivity contribution in [1.82, 2.24) is 0 Å². The summed E-state index contributed by atoms with van der Waals surface area (Å²) in [7, 11) is 1.62. The maximum Gasteiger partial charge on any atom is 0.156 e. The van der Waals surface area contributed by atoms with Crippen LogP contribution in [0.2, 0.25) is 0 Å². The third-order valence-corrected chi connectivity index (χ3v) is 3.24. The van der Waals surface area contributed by atoms with Gasteiger partial charge in [0.15, 0.2) is 5.75 Å². The summed E-state index contributed by atoms with van der Waals surface area (Å²) >= 11 is 5.03. The molecular formula is C8H10BrNOS. The standard InChI is InChI=1S/C8H10BrNOS/c1-11-7-6(10)4-3-5(9)8(7)12-2/h3-4H,10H2,1-2H3. The highest BCUT2D eigenvalue weighted by Crippen LogP contribution is 2.38. The van der Waals surface area contributed by atoms with E-state index in [-0.39, 0.29) is 0 Å². The molecular weight excluding hydrogens is 238 g/mol. The van der Waals surface area contributed by atoms with Gasteiger partial charge in [-0.1, -0.05) is 0 Å². The van der Waals surface area contributed by atoms with Gasteiger partial charge in [-0.2, -0.15) is 0 Å². The zero-order valence-electron chi connectivity index (χ0n) is 6.93. The second-order valence-corrected chi connectivity index (χ2v) is 3.87. The summed E-state index contributed by atoms with van der Waals surface area (Å²) in [5.41, 5.74) is 6.39. The van der Waals surface area contributed by atoms with Crippen molar-refractivity contribution in [2.45, 2.75) is 4.90 Å². The van der Waals surface area contributed by atoms with E-state index in [2.05, 4.69) is 15.9 Å². The number of ether oxygens (including phenoxy) is 1. The summed E-state index contributed by atoms with van der Waals surface area (Å²) in [4.78, 5) is 1.04. The lowest BCUT2D eigenvalue weighted by molar-refractivity contribution is 0.406. The fourth-order valence-electron chi connectivity index (χ4n) is 0.955. The minimum absolute atomic E-state index is 0.671. The summed E-state index contributed by atoms with van der Waals surface area (Å²) in [5.74, 6) is 0.747. The lowest BCUT2D eigenvalue weighted by atomic mass is 10.3. The molecule has 66 valence electrons. The largest absolute Gasteiger partial charge is 0.493 e.